The molecule has 0 aromatic carbocycles. The molecule has 1 aliphatic heterocycles. The van der Waals surface area contributed by atoms with Crippen molar-refractivity contribution in [2.75, 3.05) is 26.7 Å². The average Bonchev–Trinajstić information content (AvgIpc) is 2.41. The van der Waals surface area contributed by atoms with Crippen LogP contribution in [0.5, 0.6) is 0 Å². The van der Waals surface area contributed by atoms with E-state index in [2.05, 4.69) is 5.32 Å². The molecule has 0 spiro atoms. The minimum absolute atomic E-state index is 0. The van der Waals surface area contributed by atoms with Gasteiger partial charge >= 0.3 is 6.18 Å². The maximum atomic E-state index is 12.0. The number of hydrogen-bond donors (Lipinski definition) is 1. The van der Waals surface area contributed by atoms with Crippen LogP contribution in [0.1, 0.15) is 25.7 Å². The van der Waals surface area contributed by atoms with Crippen LogP contribution in [-0.2, 0) is 0 Å². The van der Waals surface area contributed by atoms with Crippen molar-refractivity contribution in [2.24, 2.45) is 0 Å². The summed E-state index contributed by atoms with van der Waals surface area (Å²) in [5, 5.41) is 3.26. The van der Waals surface area contributed by atoms with Crippen molar-refractivity contribution in [1.82, 2.24) is 10.2 Å². The Hall–Kier alpha value is 0. The second-order valence-corrected chi connectivity index (χ2v) is 4.18. The summed E-state index contributed by atoms with van der Waals surface area (Å²) in [4.78, 5) is 1.85. The van der Waals surface area contributed by atoms with Gasteiger partial charge in [0.15, 0.2) is 0 Å². The van der Waals surface area contributed by atoms with Gasteiger partial charge in [-0.25, -0.2) is 0 Å². The summed E-state index contributed by atoms with van der Waals surface area (Å²) in [7, 11) is 1.79. The summed E-state index contributed by atoms with van der Waals surface area (Å²) in [5.41, 5.74) is 0. The monoisotopic (exact) mass is 260 g/mol. The molecule has 0 aromatic heterocycles. The van der Waals surface area contributed by atoms with Crippen LogP contribution in [0.2, 0.25) is 0 Å². The summed E-state index contributed by atoms with van der Waals surface area (Å²) in [6, 6.07) is 0.308. The van der Waals surface area contributed by atoms with E-state index in [1.54, 1.807) is 7.05 Å². The Morgan fingerprint density at radius 3 is 2.56 bits per heavy atom. The van der Waals surface area contributed by atoms with Crippen LogP contribution in [0.15, 0.2) is 0 Å². The predicted octanol–water partition coefficient (Wildman–Crippen LogP) is 2.43. The van der Waals surface area contributed by atoms with Gasteiger partial charge in [0.25, 0.3) is 0 Å². The first kappa shape index (κ1) is 16.0. The van der Waals surface area contributed by atoms with Crippen molar-refractivity contribution < 1.29 is 13.2 Å². The highest BCUT2D eigenvalue weighted by Crippen LogP contribution is 2.21. The third-order valence-electron chi connectivity index (χ3n) is 2.92. The van der Waals surface area contributed by atoms with Crippen molar-refractivity contribution in [1.29, 1.82) is 0 Å². The second-order valence-electron chi connectivity index (χ2n) is 4.18. The van der Waals surface area contributed by atoms with Gasteiger partial charge in [0.1, 0.15) is 0 Å². The zero-order valence-corrected chi connectivity index (χ0v) is 10.3. The molecule has 98 valence electrons. The molecule has 0 aromatic rings. The van der Waals surface area contributed by atoms with Crippen LogP contribution in [-0.4, -0.2) is 43.8 Å². The molecular weight excluding hydrogens is 241 g/mol. The van der Waals surface area contributed by atoms with Gasteiger partial charge in [0.05, 0.1) is 6.42 Å². The Kier molecular flexibility index (Phi) is 7.35. The molecule has 1 saturated heterocycles. The maximum Gasteiger partial charge on any atom is 0.390 e. The Labute approximate surface area is 101 Å². The van der Waals surface area contributed by atoms with E-state index in [0.717, 1.165) is 32.4 Å². The van der Waals surface area contributed by atoms with Crippen molar-refractivity contribution in [2.45, 2.75) is 37.9 Å². The zero-order valence-electron chi connectivity index (χ0n) is 9.52. The number of hydrogen-bond acceptors (Lipinski definition) is 2. The second kappa shape index (κ2) is 7.35. The summed E-state index contributed by atoms with van der Waals surface area (Å²) in [5.74, 6) is 0. The summed E-state index contributed by atoms with van der Waals surface area (Å²) in [6.07, 6.45) is -1.72. The third-order valence-corrected chi connectivity index (χ3v) is 2.92. The molecule has 1 unspecified atom stereocenters. The predicted molar refractivity (Wildman–Crippen MR) is 61.1 cm³/mol. The molecule has 0 saturated carbocycles. The first-order chi connectivity index (χ1) is 6.99. The number of halogens is 4. The molecule has 6 heteroatoms. The van der Waals surface area contributed by atoms with Gasteiger partial charge in [-0.05, 0) is 39.4 Å². The quantitative estimate of drug-likeness (QED) is 0.839. The van der Waals surface area contributed by atoms with Crippen molar-refractivity contribution in [3.63, 3.8) is 0 Å². The Bertz CT molecular complexity index is 179. The minimum Gasteiger partial charge on any atom is -0.317 e. The lowest BCUT2D eigenvalue weighted by atomic mass is 10.1. The molecule has 2 nitrogen and oxygen atoms in total. The topological polar surface area (TPSA) is 15.3 Å². The van der Waals surface area contributed by atoms with Crippen LogP contribution in [0.4, 0.5) is 13.2 Å². The maximum absolute atomic E-state index is 12.0. The van der Waals surface area contributed by atoms with Crippen molar-refractivity contribution >= 4 is 12.4 Å². The van der Waals surface area contributed by atoms with E-state index in [1.807, 2.05) is 4.90 Å². The fraction of sp³-hybridized carbons (Fsp3) is 1.00. The van der Waals surface area contributed by atoms with Crippen LogP contribution >= 0.6 is 12.4 Å². The van der Waals surface area contributed by atoms with E-state index in [9.17, 15) is 13.2 Å². The van der Waals surface area contributed by atoms with Gasteiger partial charge in [-0.15, -0.1) is 12.4 Å². The third kappa shape index (κ3) is 6.55. The fourth-order valence-corrected chi connectivity index (χ4v) is 1.93. The Balaban J connectivity index is 0.00000225. The number of alkyl halides is 3. The Morgan fingerprint density at radius 2 is 1.94 bits per heavy atom. The number of rotatable bonds is 3. The number of nitrogens with zero attached hydrogens (tertiary/aromatic N) is 1. The normalized spacial score (nSPS) is 22.7. The molecule has 1 heterocycles. The van der Waals surface area contributed by atoms with E-state index < -0.39 is 12.6 Å². The molecule has 1 N–H and O–H groups in total. The summed E-state index contributed by atoms with van der Waals surface area (Å²) >= 11 is 0. The largest absolute Gasteiger partial charge is 0.390 e. The molecular formula is C10H20ClF3N2. The molecule has 1 atom stereocenters. The van der Waals surface area contributed by atoms with E-state index in [-0.39, 0.29) is 19.0 Å². The van der Waals surface area contributed by atoms with Gasteiger partial charge in [-0.3, -0.25) is 0 Å². The SMILES string of the molecule is CN(CCC(F)(F)F)C1CCCNCC1.Cl. The van der Waals surface area contributed by atoms with Crippen LogP contribution < -0.4 is 5.32 Å². The first-order valence-electron chi connectivity index (χ1n) is 5.47. The van der Waals surface area contributed by atoms with Crippen molar-refractivity contribution in [3.8, 4) is 0 Å². The molecule has 1 fully saturated rings. The van der Waals surface area contributed by atoms with Gasteiger partial charge < -0.3 is 10.2 Å². The summed E-state index contributed by atoms with van der Waals surface area (Å²) < 4.78 is 36.1. The fourth-order valence-electron chi connectivity index (χ4n) is 1.93. The summed E-state index contributed by atoms with van der Waals surface area (Å²) in [6.45, 7) is 2.03. The van der Waals surface area contributed by atoms with Gasteiger partial charge in [0, 0.05) is 12.6 Å². The van der Waals surface area contributed by atoms with Crippen LogP contribution in [0, 0.1) is 0 Å². The van der Waals surface area contributed by atoms with Crippen LogP contribution in [0.25, 0.3) is 0 Å². The van der Waals surface area contributed by atoms with Crippen LogP contribution in [0.3, 0.4) is 0 Å². The molecule has 0 aliphatic carbocycles. The van der Waals surface area contributed by atoms with E-state index in [4.69, 9.17) is 0 Å². The first-order valence-corrected chi connectivity index (χ1v) is 5.47. The molecule has 1 rings (SSSR count). The lowest BCUT2D eigenvalue weighted by Gasteiger charge is -2.27. The van der Waals surface area contributed by atoms with Gasteiger partial charge in [-0.2, -0.15) is 13.2 Å². The van der Waals surface area contributed by atoms with Gasteiger partial charge in [0.2, 0.25) is 0 Å². The molecule has 16 heavy (non-hydrogen) atoms. The smallest absolute Gasteiger partial charge is 0.317 e. The molecule has 0 amide bonds. The average molecular weight is 261 g/mol. The number of nitrogens with one attached hydrogen (secondary N) is 1. The Morgan fingerprint density at radius 1 is 1.25 bits per heavy atom. The lowest BCUT2D eigenvalue weighted by Crippen LogP contribution is -2.35. The minimum atomic E-state index is -4.03. The van der Waals surface area contributed by atoms with Gasteiger partial charge in [-0.1, -0.05) is 0 Å². The molecule has 0 radical (unpaired) electrons. The van der Waals surface area contributed by atoms with E-state index >= 15 is 0 Å². The van der Waals surface area contributed by atoms with Crippen molar-refractivity contribution in [3.05, 3.63) is 0 Å². The standard InChI is InChI=1S/C10H19F3N2.ClH/c1-15(8-5-10(11,12)13)9-3-2-6-14-7-4-9;/h9,14H,2-8H2,1H3;1H. The van der Waals surface area contributed by atoms with E-state index in [1.165, 1.54) is 0 Å². The lowest BCUT2D eigenvalue weighted by molar-refractivity contribution is -0.138. The highest BCUT2D eigenvalue weighted by molar-refractivity contribution is 5.85. The van der Waals surface area contributed by atoms with E-state index in [0.29, 0.717) is 6.04 Å². The molecule has 1 aliphatic rings. The zero-order chi connectivity index (χ0) is 11.3. The molecule has 0 bridgehead atoms. The highest BCUT2D eigenvalue weighted by atomic mass is 35.5. The highest BCUT2D eigenvalue weighted by Gasteiger charge is 2.28.